The van der Waals surface area contributed by atoms with Gasteiger partial charge in [0.15, 0.2) is 0 Å². The van der Waals surface area contributed by atoms with Gasteiger partial charge in [0.05, 0.1) is 0 Å². The molecule has 3 heteroatoms. The molecule has 3 nitrogen and oxygen atoms in total. The van der Waals surface area contributed by atoms with Gasteiger partial charge in [-0.2, -0.15) is 0 Å². The van der Waals surface area contributed by atoms with E-state index in [0.717, 1.165) is 44.5 Å². The van der Waals surface area contributed by atoms with Crippen LogP contribution in [0, 0.1) is 5.92 Å². The molecule has 0 saturated heterocycles. The van der Waals surface area contributed by atoms with E-state index in [1.165, 1.54) is 11.1 Å². The lowest BCUT2D eigenvalue weighted by Crippen LogP contribution is -2.25. The van der Waals surface area contributed by atoms with Crippen LogP contribution in [0.2, 0.25) is 0 Å². The average molecular weight is 256 g/mol. The molecule has 2 N–H and O–H groups in total. The Kier molecular flexibility index (Phi) is 3.65. The predicted octanol–water partition coefficient (Wildman–Crippen LogP) is 2.63. The molecule has 0 saturated carbocycles. The maximum absolute atomic E-state index is 12.2. The topological polar surface area (TPSA) is 41.1 Å². The molecule has 1 aliphatic heterocycles. The third-order valence-electron chi connectivity index (χ3n) is 4.00. The van der Waals surface area contributed by atoms with Crippen molar-refractivity contribution >= 4 is 11.6 Å². The second kappa shape index (κ2) is 5.57. The summed E-state index contributed by atoms with van der Waals surface area (Å²) in [5.74, 6) is 0.298. The predicted molar refractivity (Wildman–Crippen MR) is 77.0 cm³/mol. The summed E-state index contributed by atoms with van der Waals surface area (Å²) in [5, 5.41) is 6.42. The van der Waals surface area contributed by atoms with Crippen LogP contribution in [-0.2, 0) is 17.8 Å². The van der Waals surface area contributed by atoms with Crippen LogP contribution in [0.1, 0.15) is 30.4 Å². The zero-order valence-corrected chi connectivity index (χ0v) is 11.1. The van der Waals surface area contributed by atoms with Crippen molar-refractivity contribution in [3.05, 3.63) is 41.5 Å². The van der Waals surface area contributed by atoms with Gasteiger partial charge in [0, 0.05) is 18.2 Å². The highest BCUT2D eigenvalue weighted by Gasteiger charge is 2.19. The molecule has 0 fully saturated rings. The normalized spacial score (nSPS) is 21.8. The van der Waals surface area contributed by atoms with E-state index in [1.54, 1.807) is 0 Å². The molecule has 1 aliphatic carbocycles. The molecule has 0 aromatic heterocycles. The van der Waals surface area contributed by atoms with E-state index in [9.17, 15) is 4.79 Å². The molecule has 1 aromatic rings. The summed E-state index contributed by atoms with van der Waals surface area (Å²) >= 11 is 0. The van der Waals surface area contributed by atoms with Crippen LogP contribution >= 0.6 is 0 Å². The number of hydrogen-bond donors (Lipinski definition) is 2. The minimum absolute atomic E-state index is 0.138. The highest BCUT2D eigenvalue weighted by Crippen LogP contribution is 2.22. The quantitative estimate of drug-likeness (QED) is 0.799. The van der Waals surface area contributed by atoms with E-state index in [-0.39, 0.29) is 11.8 Å². The lowest BCUT2D eigenvalue weighted by atomic mass is 9.93. The molecular weight excluding hydrogens is 236 g/mol. The third-order valence-corrected chi connectivity index (χ3v) is 4.00. The van der Waals surface area contributed by atoms with Crippen molar-refractivity contribution in [2.75, 3.05) is 11.9 Å². The van der Waals surface area contributed by atoms with Crippen LogP contribution in [-0.4, -0.2) is 12.5 Å². The van der Waals surface area contributed by atoms with Crippen molar-refractivity contribution in [2.24, 2.45) is 5.92 Å². The summed E-state index contributed by atoms with van der Waals surface area (Å²) in [6, 6.07) is 6.28. The largest absolute Gasteiger partial charge is 0.326 e. The molecule has 0 bridgehead atoms. The molecule has 100 valence electrons. The molecule has 1 amide bonds. The van der Waals surface area contributed by atoms with Gasteiger partial charge >= 0.3 is 0 Å². The zero-order valence-electron chi connectivity index (χ0n) is 11.1. The van der Waals surface area contributed by atoms with Gasteiger partial charge in [-0.3, -0.25) is 4.79 Å². The smallest absolute Gasteiger partial charge is 0.227 e. The van der Waals surface area contributed by atoms with Crippen molar-refractivity contribution in [3.63, 3.8) is 0 Å². The molecule has 1 unspecified atom stereocenters. The number of hydrogen-bond acceptors (Lipinski definition) is 2. The fourth-order valence-corrected chi connectivity index (χ4v) is 2.83. The molecule has 1 aromatic carbocycles. The minimum Gasteiger partial charge on any atom is -0.326 e. The number of carbonyl (C=O) groups is 1. The molecule has 1 heterocycles. The first kappa shape index (κ1) is 12.4. The highest BCUT2D eigenvalue weighted by atomic mass is 16.1. The van der Waals surface area contributed by atoms with Crippen LogP contribution < -0.4 is 10.6 Å². The number of benzene rings is 1. The average Bonchev–Trinajstić information content (AvgIpc) is 2.48. The standard InChI is InChI=1S/C16H20N2O/c19-16(13-4-2-1-3-5-13)18-15-7-6-12-8-9-17-11-14(12)10-15/h1-2,6-7,10,13,17H,3-5,8-9,11H2,(H,18,19). The summed E-state index contributed by atoms with van der Waals surface area (Å²) in [4.78, 5) is 12.2. The fourth-order valence-electron chi connectivity index (χ4n) is 2.83. The molecule has 0 spiro atoms. The lowest BCUT2D eigenvalue weighted by molar-refractivity contribution is -0.120. The molecule has 1 atom stereocenters. The van der Waals surface area contributed by atoms with Crippen molar-refractivity contribution < 1.29 is 4.79 Å². The first-order chi connectivity index (χ1) is 9.33. The van der Waals surface area contributed by atoms with E-state index < -0.39 is 0 Å². The number of amides is 1. The SMILES string of the molecule is O=C(Nc1ccc2c(c1)CNCC2)C1CC=CCC1. The van der Waals surface area contributed by atoms with Gasteiger partial charge < -0.3 is 10.6 Å². The molecule has 3 rings (SSSR count). The van der Waals surface area contributed by atoms with Crippen molar-refractivity contribution in [2.45, 2.75) is 32.2 Å². The monoisotopic (exact) mass is 256 g/mol. The Morgan fingerprint density at radius 2 is 2.21 bits per heavy atom. The Balaban J connectivity index is 1.69. The molecule has 2 aliphatic rings. The van der Waals surface area contributed by atoms with Crippen LogP contribution in [0.5, 0.6) is 0 Å². The van der Waals surface area contributed by atoms with Crippen molar-refractivity contribution in [3.8, 4) is 0 Å². The number of nitrogens with one attached hydrogen (secondary N) is 2. The third kappa shape index (κ3) is 2.87. The van der Waals surface area contributed by atoms with Crippen LogP contribution in [0.25, 0.3) is 0 Å². The number of anilines is 1. The summed E-state index contributed by atoms with van der Waals surface area (Å²) in [6.45, 7) is 1.96. The summed E-state index contributed by atoms with van der Waals surface area (Å²) in [7, 11) is 0. The van der Waals surface area contributed by atoms with Gasteiger partial charge in [0.2, 0.25) is 5.91 Å². The van der Waals surface area contributed by atoms with E-state index in [4.69, 9.17) is 0 Å². The van der Waals surface area contributed by atoms with Gasteiger partial charge in [-0.15, -0.1) is 0 Å². The highest BCUT2D eigenvalue weighted by molar-refractivity contribution is 5.92. The maximum atomic E-state index is 12.2. The number of fused-ring (bicyclic) bond motifs is 1. The van der Waals surface area contributed by atoms with Gasteiger partial charge in [0.1, 0.15) is 0 Å². The fraction of sp³-hybridized carbons (Fsp3) is 0.438. The zero-order chi connectivity index (χ0) is 13.1. The Hall–Kier alpha value is -1.61. The number of allylic oxidation sites excluding steroid dienone is 2. The molecule has 19 heavy (non-hydrogen) atoms. The van der Waals surface area contributed by atoms with Crippen molar-refractivity contribution in [1.82, 2.24) is 5.32 Å². The minimum atomic E-state index is 0.138. The Labute approximate surface area is 114 Å². The van der Waals surface area contributed by atoms with Gasteiger partial charge in [0.25, 0.3) is 0 Å². The van der Waals surface area contributed by atoms with Crippen LogP contribution in [0.3, 0.4) is 0 Å². The van der Waals surface area contributed by atoms with E-state index in [1.807, 2.05) is 6.07 Å². The molecular formula is C16H20N2O. The number of rotatable bonds is 2. The summed E-state index contributed by atoms with van der Waals surface area (Å²) in [6.07, 6.45) is 8.22. The Morgan fingerprint density at radius 3 is 3.05 bits per heavy atom. The number of carbonyl (C=O) groups excluding carboxylic acids is 1. The first-order valence-corrected chi connectivity index (χ1v) is 7.11. The summed E-state index contributed by atoms with van der Waals surface area (Å²) in [5.41, 5.74) is 3.65. The first-order valence-electron chi connectivity index (χ1n) is 7.11. The van der Waals surface area contributed by atoms with Gasteiger partial charge in [-0.1, -0.05) is 18.2 Å². The van der Waals surface area contributed by atoms with E-state index in [0.29, 0.717) is 0 Å². The maximum Gasteiger partial charge on any atom is 0.227 e. The second-order valence-electron chi connectivity index (χ2n) is 5.38. The van der Waals surface area contributed by atoms with E-state index >= 15 is 0 Å². The second-order valence-corrected chi connectivity index (χ2v) is 5.38. The van der Waals surface area contributed by atoms with Crippen LogP contribution in [0.15, 0.2) is 30.4 Å². The van der Waals surface area contributed by atoms with E-state index in [2.05, 4.69) is 34.9 Å². The molecule has 0 radical (unpaired) electrons. The van der Waals surface area contributed by atoms with Gasteiger partial charge in [-0.05, 0) is 55.5 Å². The lowest BCUT2D eigenvalue weighted by Gasteiger charge is -2.20. The Bertz CT molecular complexity index is 507. The van der Waals surface area contributed by atoms with Crippen molar-refractivity contribution in [1.29, 1.82) is 0 Å². The van der Waals surface area contributed by atoms with Crippen LogP contribution in [0.4, 0.5) is 5.69 Å². The van der Waals surface area contributed by atoms with Gasteiger partial charge in [-0.25, -0.2) is 0 Å². The Morgan fingerprint density at radius 1 is 1.26 bits per heavy atom. The summed E-state index contributed by atoms with van der Waals surface area (Å²) < 4.78 is 0.